The quantitative estimate of drug-likeness (QED) is 0.610. The zero-order chi connectivity index (χ0) is 10.3. The van der Waals surface area contributed by atoms with E-state index in [0.717, 1.165) is 6.42 Å². The summed E-state index contributed by atoms with van der Waals surface area (Å²) >= 11 is 0. The van der Waals surface area contributed by atoms with E-state index in [-0.39, 0.29) is 18.3 Å². The lowest BCUT2D eigenvalue weighted by atomic mass is 10.1. The van der Waals surface area contributed by atoms with Gasteiger partial charge in [0.1, 0.15) is 0 Å². The van der Waals surface area contributed by atoms with Gasteiger partial charge in [-0.2, -0.15) is 0 Å². The van der Waals surface area contributed by atoms with Gasteiger partial charge in [-0.25, -0.2) is 0 Å². The van der Waals surface area contributed by atoms with Crippen molar-refractivity contribution >= 4 is 0 Å². The Bertz CT molecular complexity index is 113. The summed E-state index contributed by atoms with van der Waals surface area (Å²) in [6.45, 7) is 10.2. The van der Waals surface area contributed by atoms with Crippen LogP contribution >= 0.6 is 0 Å². The molecule has 0 aromatic heterocycles. The summed E-state index contributed by atoms with van der Waals surface area (Å²) < 4.78 is 10.9. The van der Waals surface area contributed by atoms with E-state index in [2.05, 4.69) is 13.8 Å². The Morgan fingerprint density at radius 2 is 1.92 bits per heavy atom. The van der Waals surface area contributed by atoms with Gasteiger partial charge in [-0.05, 0) is 27.2 Å². The second kappa shape index (κ2) is 7.34. The molecule has 0 aliphatic rings. The molecular weight excluding hydrogens is 164 g/mol. The highest BCUT2D eigenvalue weighted by Gasteiger charge is 2.17. The molecule has 2 atom stereocenters. The van der Waals surface area contributed by atoms with E-state index in [1.165, 1.54) is 12.8 Å². The minimum atomic E-state index is -0.0449. The van der Waals surface area contributed by atoms with Crippen molar-refractivity contribution in [1.82, 2.24) is 0 Å². The average Bonchev–Trinajstić information content (AvgIpc) is 2.04. The Labute approximate surface area is 82.6 Å². The molecule has 0 saturated carbocycles. The molecule has 0 fully saturated rings. The van der Waals surface area contributed by atoms with Crippen LogP contribution in [0, 0.1) is 6.92 Å². The highest BCUT2D eigenvalue weighted by atomic mass is 16.5. The van der Waals surface area contributed by atoms with Gasteiger partial charge in [-0.3, -0.25) is 0 Å². The normalized spacial score (nSPS) is 16.2. The molecule has 0 amide bonds. The Morgan fingerprint density at radius 3 is 2.31 bits per heavy atom. The minimum absolute atomic E-state index is 0.0449. The number of hydrogen-bond donors (Lipinski definition) is 0. The largest absolute Gasteiger partial charge is 0.379 e. The summed E-state index contributed by atoms with van der Waals surface area (Å²) in [6, 6.07) is 0. The van der Waals surface area contributed by atoms with E-state index in [1.807, 2.05) is 13.8 Å². The predicted molar refractivity (Wildman–Crippen MR) is 55.7 cm³/mol. The van der Waals surface area contributed by atoms with Crippen molar-refractivity contribution in [3.8, 4) is 0 Å². The lowest BCUT2D eigenvalue weighted by Gasteiger charge is -2.24. The molecule has 0 saturated heterocycles. The van der Waals surface area contributed by atoms with Crippen LogP contribution in [-0.4, -0.2) is 25.4 Å². The summed E-state index contributed by atoms with van der Waals surface area (Å²) in [5.41, 5.74) is 0. The summed E-state index contributed by atoms with van der Waals surface area (Å²) in [5.74, 6) is 0. The fraction of sp³-hybridized carbons (Fsp3) is 0.909. The Morgan fingerprint density at radius 1 is 1.31 bits per heavy atom. The van der Waals surface area contributed by atoms with Crippen molar-refractivity contribution in [3.63, 3.8) is 0 Å². The van der Waals surface area contributed by atoms with Gasteiger partial charge in [-0.15, -0.1) is 0 Å². The maximum atomic E-state index is 5.56. The third kappa shape index (κ3) is 6.05. The first kappa shape index (κ1) is 12.9. The first-order chi connectivity index (χ1) is 6.11. The molecule has 2 nitrogen and oxygen atoms in total. The molecule has 0 aliphatic carbocycles. The molecule has 0 heterocycles. The lowest BCUT2D eigenvalue weighted by molar-refractivity contribution is -0.0608. The van der Waals surface area contributed by atoms with Gasteiger partial charge < -0.3 is 9.47 Å². The highest BCUT2D eigenvalue weighted by Crippen LogP contribution is 2.12. The van der Waals surface area contributed by atoms with Gasteiger partial charge in [0.2, 0.25) is 0 Å². The number of unbranched alkanes of at least 4 members (excludes halogenated alkanes) is 1. The van der Waals surface area contributed by atoms with Crippen LogP contribution in [0.3, 0.4) is 0 Å². The standard InChI is InChI=1S/C11H23O2/c1-6-7-8-11(12-5)10(4)13-9(2)3/h9-11H,4,6-8H2,1-3,5H3. The summed E-state index contributed by atoms with van der Waals surface area (Å²) in [6.07, 6.45) is 3.72. The second-order valence-electron chi connectivity index (χ2n) is 3.64. The molecule has 13 heavy (non-hydrogen) atoms. The minimum Gasteiger partial charge on any atom is -0.379 e. The van der Waals surface area contributed by atoms with Crippen LogP contribution in [0.2, 0.25) is 0 Å². The van der Waals surface area contributed by atoms with E-state index in [4.69, 9.17) is 9.47 Å². The van der Waals surface area contributed by atoms with Gasteiger partial charge in [0, 0.05) is 7.11 Å². The first-order valence-corrected chi connectivity index (χ1v) is 5.13. The smallest absolute Gasteiger partial charge is 0.0840 e. The van der Waals surface area contributed by atoms with Gasteiger partial charge in [0.25, 0.3) is 0 Å². The van der Waals surface area contributed by atoms with Crippen molar-refractivity contribution in [2.45, 2.75) is 58.3 Å². The first-order valence-electron chi connectivity index (χ1n) is 5.13. The monoisotopic (exact) mass is 187 g/mol. The van der Waals surface area contributed by atoms with Crippen LogP contribution < -0.4 is 0 Å². The van der Waals surface area contributed by atoms with Gasteiger partial charge in [0.15, 0.2) is 0 Å². The van der Waals surface area contributed by atoms with Crippen molar-refractivity contribution < 1.29 is 9.47 Å². The summed E-state index contributed by atoms with van der Waals surface area (Å²) in [4.78, 5) is 0. The van der Waals surface area contributed by atoms with Crippen LogP contribution in [0.1, 0.15) is 40.0 Å². The van der Waals surface area contributed by atoms with Crippen LogP contribution in [0.4, 0.5) is 0 Å². The molecule has 2 unspecified atom stereocenters. The third-order valence-corrected chi connectivity index (χ3v) is 2.01. The van der Waals surface area contributed by atoms with Crippen LogP contribution in [0.5, 0.6) is 0 Å². The van der Waals surface area contributed by atoms with Crippen molar-refractivity contribution in [2.24, 2.45) is 0 Å². The maximum Gasteiger partial charge on any atom is 0.0840 e. The molecule has 0 aromatic carbocycles. The van der Waals surface area contributed by atoms with Crippen LogP contribution in [-0.2, 0) is 9.47 Å². The number of methoxy groups -OCH3 is 1. The number of rotatable bonds is 7. The molecule has 79 valence electrons. The Balaban J connectivity index is 3.77. The molecule has 0 aromatic rings. The summed E-state index contributed by atoms with van der Waals surface area (Å²) in [7, 11) is 1.72. The zero-order valence-electron chi connectivity index (χ0n) is 9.38. The van der Waals surface area contributed by atoms with E-state index >= 15 is 0 Å². The topological polar surface area (TPSA) is 18.5 Å². The Kier molecular flexibility index (Phi) is 7.29. The zero-order valence-corrected chi connectivity index (χ0v) is 9.38. The van der Waals surface area contributed by atoms with E-state index in [1.54, 1.807) is 7.11 Å². The van der Waals surface area contributed by atoms with Crippen LogP contribution in [0.15, 0.2) is 0 Å². The number of ether oxygens (including phenoxy) is 2. The maximum absolute atomic E-state index is 5.56. The molecule has 1 radical (unpaired) electrons. The molecule has 0 rings (SSSR count). The van der Waals surface area contributed by atoms with Gasteiger partial charge in [0.05, 0.1) is 18.3 Å². The second-order valence-corrected chi connectivity index (χ2v) is 3.64. The highest BCUT2D eigenvalue weighted by molar-refractivity contribution is 4.73. The van der Waals surface area contributed by atoms with Crippen molar-refractivity contribution in [2.75, 3.05) is 7.11 Å². The Hall–Kier alpha value is -0.0800. The molecule has 2 heteroatoms. The number of hydrogen-bond acceptors (Lipinski definition) is 2. The molecular formula is C11H23O2. The molecule has 0 spiro atoms. The lowest BCUT2D eigenvalue weighted by Crippen LogP contribution is -2.30. The molecule has 0 N–H and O–H groups in total. The van der Waals surface area contributed by atoms with E-state index in [0.29, 0.717) is 0 Å². The average molecular weight is 187 g/mol. The third-order valence-electron chi connectivity index (χ3n) is 2.01. The molecule has 0 aliphatic heterocycles. The van der Waals surface area contributed by atoms with E-state index in [9.17, 15) is 0 Å². The van der Waals surface area contributed by atoms with Crippen molar-refractivity contribution in [1.29, 1.82) is 0 Å². The summed E-state index contributed by atoms with van der Waals surface area (Å²) in [5, 5.41) is 0. The van der Waals surface area contributed by atoms with Crippen molar-refractivity contribution in [3.05, 3.63) is 6.92 Å². The van der Waals surface area contributed by atoms with Gasteiger partial charge >= 0.3 is 0 Å². The fourth-order valence-electron chi connectivity index (χ4n) is 1.30. The molecule has 0 bridgehead atoms. The fourth-order valence-corrected chi connectivity index (χ4v) is 1.30. The van der Waals surface area contributed by atoms with Gasteiger partial charge in [-0.1, -0.05) is 19.8 Å². The van der Waals surface area contributed by atoms with Crippen LogP contribution in [0.25, 0.3) is 0 Å². The SMILES string of the molecule is [CH2]C(OC(C)C)C(CCCC)OC. The predicted octanol–water partition coefficient (Wildman–Crippen LogP) is 2.82. The van der Waals surface area contributed by atoms with E-state index < -0.39 is 0 Å².